The van der Waals surface area contributed by atoms with Crippen LogP contribution in [0, 0.1) is 0 Å². The zero-order valence-corrected chi connectivity index (χ0v) is 17.4. The lowest BCUT2D eigenvalue weighted by atomic mass is 10.0. The van der Waals surface area contributed by atoms with Gasteiger partial charge in [0.1, 0.15) is 6.54 Å². The zero-order valence-electron chi connectivity index (χ0n) is 15.8. The van der Waals surface area contributed by atoms with Gasteiger partial charge in [0.25, 0.3) is 5.56 Å². The molecule has 1 aliphatic rings. The van der Waals surface area contributed by atoms with E-state index in [1.54, 1.807) is 12.1 Å². The lowest BCUT2D eigenvalue weighted by molar-refractivity contribution is -0.122. The summed E-state index contributed by atoms with van der Waals surface area (Å²) in [5.74, 6) is -0.144. The maximum Gasteiger partial charge on any atom is 0.261 e. The molecule has 146 valence electrons. The number of likely N-dealkylation sites (tertiary alicyclic amines) is 1. The fraction of sp³-hybridized carbons (Fsp3) is 0.550. The van der Waals surface area contributed by atoms with Crippen LogP contribution < -0.4 is 10.9 Å². The van der Waals surface area contributed by atoms with Crippen LogP contribution in [0.4, 0.5) is 0 Å². The van der Waals surface area contributed by atoms with E-state index in [9.17, 15) is 9.59 Å². The molecule has 0 spiro atoms. The highest BCUT2D eigenvalue weighted by molar-refractivity contribution is 9.10. The number of piperidine rings is 1. The quantitative estimate of drug-likeness (QED) is 0.727. The Morgan fingerprint density at radius 1 is 1.37 bits per heavy atom. The molecule has 0 saturated carbocycles. The van der Waals surface area contributed by atoms with E-state index in [2.05, 4.69) is 38.1 Å². The normalized spacial score (nSPS) is 17.9. The Morgan fingerprint density at radius 3 is 3.04 bits per heavy atom. The molecule has 1 unspecified atom stereocenters. The minimum atomic E-state index is -0.196. The van der Waals surface area contributed by atoms with Crippen molar-refractivity contribution in [3.8, 4) is 0 Å². The van der Waals surface area contributed by atoms with E-state index in [0.717, 1.165) is 24.0 Å². The summed E-state index contributed by atoms with van der Waals surface area (Å²) >= 11 is 3.37. The summed E-state index contributed by atoms with van der Waals surface area (Å²) in [6, 6.07) is 5.78. The third kappa shape index (κ3) is 5.17. The van der Waals surface area contributed by atoms with E-state index in [-0.39, 0.29) is 18.0 Å². The number of nitrogens with one attached hydrogen (secondary N) is 1. The summed E-state index contributed by atoms with van der Waals surface area (Å²) in [4.78, 5) is 31.8. The first-order chi connectivity index (χ1) is 13.1. The summed E-state index contributed by atoms with van der Waals surface area (Å²) < 4.78 is 2.19. The van der Waals surface area contributed by atoms with Crippen LogP contribution in [0.2, 0.25) is 0 Å². The molecule has 1 atom stereocenters. The second-order valence-corrected chi connectivity index (χ2v) is 8.10. The van der Waals surface area contributed by atoms with E-state index in [4.69, 9.17) is 0 Å². The molecule has 1 aromatic heterocycles. The Morgan fingerprint density at radius 2 is 2.22 bits per heavy atom. The topological polar surface area (TPSA) is 67.2 Å². The van der Waals surface area contributed by atoms with Crippen molar-refractivity contribution in [1.82, 2.24) is 19.8 Å². The molecule has 0 aliphatic carbocycles. The third-order valence-corrected chi connectivity index (χ3v) is 5.68. The average molecular weight is 435 g/mol. The molecule has 0 bridgehead atoms. The maximum absolute atomic E-state index is 12.6. The fourth-order valence-electron chi connectivity index (χ4n) is 3.63. The average Bonchev–Trinajstić information content (AvgIpc) is 2.68. The predicted octanol–water partition coefficient (Wildman–Crippen LogP) is 2.93. The molecular weight excluding hydrogens is 408 g/mol. The number of unbranched alkanes of at least 4 members (excludes halogenated alkanes) is 1. The van der Waals surface area contributed by atoms with Gasteiger partial charge in [-0.25, -0.2) is 4.98 Å². The number of nitrogens with zero attached hydrogens (tertiary/aromatic N) is 3. The maximum atomic E-state index is 12.6. The zero-order chi connectivity index (χ0) is 19.2. The summed E-state index contributed by atoms with van der Waals surface area (Å²) in [5.41, 5.74) is 0.437. The van der Waals surface area contributed by atoms with Gasteiger partial charge in [-0.3, -0.25) is 19.1 Å². The standard InChI is InChI=1S/C20H27BrN4O2/c1-2-3-9-24-10-5-4-6-16(24)12-22-19(26)13-25-14-23-18-8-7-15(21)11-17(18)20(25)27/h7-8,11,14,16H,2-6,9-10,12-13H2,1H3,(H,22,26). The summed E-state index contributed by atoms with van der Waals surface area (Å²) in [6.45, 7) is 5.05. The molecule has 1 aromatic carbocycles. The third-order valence-electron chi connectivity index (χ3n) is 5.18. The van der Waals surface area contributed by atoms with E-state index < -0.39 is 0 Å². The number of hydrogen-bond acceptors (Lipinski definition) is 4. The number of hydrogen-bond donors (Lipinski definition) is 1. The van der Waals surface area contributed by atoms with Crippen LogP contribution in [0.5, 0.6) is 0 Å². The van der Waals surface area contributed by atoms with E-state index in [0.29, 0.717) is 23.5 Å². The van der Waals surface area contributed by atoms with Crippen molar-refractivity contribution >= 4 is 32.7 Å². The monoisotopic (exact) mass is 434 g/mol. The number of aromatic nitrogens is 2. The van der Waals surface area contributed by atoms with Crippen molar-refractivity contribution in [1.29, 1.82) is 0 Å². The second kappa shape index (κ2) is 9.46. The van der Waals surface area contributed by atoms with Crippen LogP contribution >= 0.6 is 15.9 Å². The van der Waals surface area contributed by atoms with Crippen molar-refractivity contribution in [3.63, 3.8) is 0 Å². The van der Waals surface area contributed by atoms with Gasteiger partial charge in [-0.1, -0.05) is 35.7 Å². The molecule has 7 heteroatoms. The summed E-state index contributed by atoms with van der Waals surface area (Å²) in [7, 11) is 0. The molecule has 3 rings (SSSR count). The van der Waals surface area contributed by atoms with Crippen LogP contribution in [0.1, 0.15) is 39.0 Å². The van der Waals surface area contributed by atoms with Crippen molar-refractivity contribution in [2.45, 2.75) is 51.6 Å². The fourth-order valence-corrected chi connectivity index (χ4v) is 3.99. The Labute approximate surface area is 168 Å². The van der Waals surface area contributed by atoms with Crippen LogP contribution in [0.25, 0.3) is 10.9 Å². The number of benzene rings is 1. The van der Waals surface area contributed by atoms with Crippen molar-refractivity contribution < 1.29 is 4.79 Å². The molecule has 2 heterocycles. The van der Waals surface area contributed by atoms with Crippen LogP contribution in [0.3, 0.4) is 0 Å². The van der Waals surface area contributed by atoms with Crippen LogP contribution in [-0.2, 0) is 11.3 Å². The first-order valence-electron chi connectivity index (χ1n) is 9.74. The summed E-state index contributed by atoms with van der Waals surface area (Å²) in [5, 5.41) is 3.53. The minimum Gasteiger partial charge on any atom is -0.353 e. The number of carbonyl (C=O) groups is 1. The van der Waals surface area contributed by atoms with Crippen LogP contribution in [-0.4, -0.2) is 46.0 Å². The number of amides is 1. The van der Waals surface area contributed by atoms with Gasteiger partial charge in [-0.2, -0.15) is 0 Å². The number of carbonyl (C=O) groups excluding carboxylic acids is 1. The number of rotatable bonds is 7. The number of fused-ring (bicyclic) bond motifs is 1. The lowest BCUT2D eigenvalue weighted by Gasteiger charge is -2.35. The Bertz CT molecular complexity index is 851. The minimum absolute atomic E-state index is 0.00400. The Balaban J connectivity index is 1.61. The van der Waals surface area contributed by atoms with Gasteiger partial charge in [0.15, 0.2) is 0 Å². The van der Waals surface area contributed by atoms with Crippen molar-refractivity contribution in [2.24, 2.45) is 0 Å². The van der Waals surface area contributed by atoms with Gasteiger partial charge in [-0.15, -0.1) is 0 Å². The molecule has 27 heavy (non-hydrogen) atoms. The molecule has 1 amide bonds. The number of halogens is 1. The molecule has 1 N–H and O–H groups in total. The molecule has 6 nitrogen and oxygen atoms in total. The second-order valence-electron chi connectivity index (χ2n) is 7.18. The molecule has 1 fully saturated rings. The van der Waals surface area contributed by atoms with Gasteiger partial charge in [0.05, 0.1) is 17.2 Å². The largest absolute Gasteiger partial charge is 0.353 e. The van der Waals surface area contributed by atoms with Gasteiger partial charge >= 0.3 is 0 Å². The first kappa shape index (κ1) is 20.0. The highest BCUT2D eigenvalue weighted by atomic mass is 79.9. The van der Waals surface area contributed by atoms with Gasteiger partial charge in [0, 0.05) is 17.1 Å². The molecule has 1 aliphatic heterocycles. The van der Waals surface area contributed by atoms with Crippen molar-refractivity contribution in [2.75, 3.05) is 19.6 Å². The highest BCUT2D eigenvalue weighted by Crippen LogP contribution is 2.17. The molecular formula is C20H27BrN4O2. The Kier molecular flexibility index (Phi) is 7.01. The highest BCUT2D eigenvalue weighted by Gasteiger charge is 2.22. The van der Waals surface area contributed by atoms with Crippen LogP contribution in [0.15, 0.2) is 33.8 Å². The van der Waals surface area contributed by atoms with E-state index >= 15 is 0 Å². The summed E-state index contributed by atoms with van der Waals surface area (Å²) in [6.07, 6.45) is 7.40. The Hall–Kier alpha value is -1.73. The smallest absolute Gasteiger partial charge is 0.261 e. The first-order valence-corrected chi connectivity index (χ1v) is 10.5. The van der Waals surface area contributed by atoms with Gasteiger partial charge < -0.3 is 5.32 Å². The molecule has 0 radical (unpaired) electrons. The van der Waals surface area contributed by atoms with Gasteiger partial charge in [-0.05, 0) is 50.6 Å². The van der Waals surface area contributed by atoms with E-state index in [1.165, 1.54) is 36.6 Å². The lowest BCUT2D eigenvalue weighted by Crippen LogP contribution is -2.47. The molecule has 2 aromatic rings. The van der Waals surface area contributed by atoms with Crippen molar-refractivity contribution in [3.05, 3.63) is 39.4 Å². The predicted molar refractivity (Wildman–Crippen MR) is 111 cm³/mol. The SMILES string of the molecule is CCCCN1CCCCC1CNC(=O)Cn1cnc2ccc(Br)cc2c1=O. The van der Waals surface area contributed by atoms with Gasteiger partial charge in [0.2, 0.25) is 5.91 Å². The van der Waals surface area contributed by atoms with E-state index in [1.807, 2.05) is 6.07 Å². The molecule has 1 saturated heterocycles.